The van der Waals surface area contributed by atoms with E-state index in [1.807, 2.05) is 36.1 Å². The van der Waals surface area contributed by atoms with Crippen molar-refractivity contribution in [1.82, 2.24) is 0 Å². The lowest BCUT2D eigenvalue weighted by Crippen LogP contribution is -2.38. The summed E-state index contributed by atoms with van der Waals surface area (Å²) in [6.07, 6.45) is 0. The number of fused-ring (bicyclic) bond motifs is 1. The van der Waals surface area contributed by atoms with Crippen molar-refractivity contribution in [2.45, 2.75) is 18.2 Å². The Hall–Kier alpha value is -2.03. The number of nitrogens with zero attached hydrogens (tertiary/aromatic N) is 2. The van der Waals surface area contributed by atoms with E-state index in [4.69, 9.17) is 16.3 Å². The van der Waals surface area contributed by atoms with Crippen molar-refractivity contribution in [2.75, 3.05) is 23.0 Å². The maximum atomic E-state index is 12.5. The van der Waals surface area contributed by atoms with Gasteiger partial charge in [-0.25, -0.2) is 8.42 Å². The molecule has 2 aromatic rings. The van der Waals surface area contributed by atoms with Gasteiger partial charge in [0.25, 0.3) is 5.91 Å². The minimum absolute atomic E-state index is 0.0321. The molecule has 0 N–H and O–H groups in total. The van der Waals surface area contributed by atoms with Crippen molar-refractivity contribution in [1.29, 1.82) is 0 Å². The summed E-state index contributed by atoms with van der Waals surface area (Å²) < 4.78 is 29.8. The number of sulfone groups is 1. The van der Waals surface area contributed by atoms with E-state index in [1.165, 1.54) is 11.8 Å². The van der Waals surface area contributed by atoms with Crippen LogP contribution < -0.4 is 9.64 Å². The zero-order valence-corrected chi connectivity index (χ0v) is 18.0. The van der Waals surface area contributed by atoms with Crippen molar-refractivity contribution in [3.8, 4) is 5.75 Å². The van der Waals surface area contributed by atoms with Gasteiger partial charge in [-0.1, -0.05) is 47.6 Å². The number of rotatable bonds is 4. The third-order valence-corrected chi connectivity index (χ3v) is 8.27. The summed E-state index contributed by atoms with van der Waals surface area (Å²) in [5, 5.41) is 0.861. The van der Waals surface area contributed by atoms with Crippen LogP contribution in [0.5, 0.6) is 5.75 Å². The molecule has 2 fully saturated rings. The highest BCUT2D eigenvalue weighted by Gasteiger charge is 2.49. The first kappa shape index (κ1) is 20.3. The number of aryl methyl sites for hydroxylation is 1. The number of carbonyl (C=O) groups is 1. The summed E-state index contributed by atoms with van der Waals surface area (Å²) in [5.41, 5.74) is 1.70. The van der Waals surface area contributed by atoms with Crippen LogP contribution in [0.4, 0.5) is 5.69 Å². The van der Waals surface area contributed by atoms with Crippen molar-refractivity contribution in [2.24, 2.45) is 4.99 Å². The largest absolute Gasteiger partial charge is 0.484 e. The molecule has 2 heterocycles. The summed E-state index contributed by atoms with van der Waals surface area (Å²) in [5.74, 6) is 0.269. The number of amidine groups is 1. The number of hydrogen-bond donors (Lipinski definition) is 0. The Labute approximate surface area is 178 Å². The van der Waals surface area contributed by atoms with Crippen molar-refractivity contribution < 1.29 is 17.9 Å². The molecular formula is C20H19ClN2O4S2. The fourth-order valence-corrected chi connectivity index (χ4v) is 7.58. The van der Waals surface area contributed by atoms with Crippen molar-refractivity contribution in [3.05, 3.63) is 59.1 Å². The molecule has 2 aliphatic rings. The average Bonchev–Trinajstić information content (AvgIpc) is 3.14. The summed E-state index contributed by atoms with van der Waals surface area (Å²) in [4.78, 5) is 18.6. The van der Waals surface area contributed by atoms with Crippen LogP contribution in [-0.4, -0.2) is 48.9 Å². The lowest BCUT2D eigenvalue weighted by atomic mass is 10.1. The van der Waals surface area contributed by atoms with Gasteiger partial charge in [-0.05, 0) is 36.8 Å². The summed E-state index contributed by atoms with van der Waals surface area (Å²) in [7, 11) is -3.13. The maximum Gasteiger partial charge on any atom is 0.285 e. The Morgan fingerprint density at radius 2 is 2.00 bits per heavy atom. The van der Waals surface area contributed by atoms with Crippen LogP contribution in [0.2, 0.25) is 5.02 Å². The Kier molecular flexibility index (Phi) is 5.59. The van der Waals surface area contributed by atoms with Crippen LogP contribution in [0.1, 0.15) is 5.56 Å². The van der Waals surface area contributed by atoms with Crippen LogP contribution in [-0.2, 0) is 14.6 Å². The topological polar surface area (TPSA) is 76.0 Å². The zero-order chi connectivity index (χ0) is 20.6. The molecule has 2 aromatic carbocycles. The Morgan fingerprint density at radius 3 is 2.76 bits per heavy atom. The van der Waals surface area contributed by atoms with Gasteiger partial charge in [-0.15, -0.1) is 0 Å². The molecule has 0 radical (unpaired) electrons. The monoisotopic (exact) mass is 450 g/mol. The second-order valence-corrected chi connectivity index (χ2v) is 10.8. The highest BCUT2D eigenvalue weighted by molar-refractivity contribution is 8.16. The van der Waals surface area contributed by atoms with Gasteiger partial charge in [0.2, 0.25) is 0 Å². The third-order valence-electron chi connectivity index (χ3n) is 4.82. The highest BCUT2D eigenvalue weighted by atomic mass is 35.5. The van der Waals surface area contributed by atoms with Crippen LogP contribution in [0.3, 0.4) is 0 Å². The first-order valence-electron chi connectivity index (χ1n) is 9.04. The molecule has 0 aliphatic carbocycles. The van der Waals surface area contributed by atoms with E-state index in [-0.39, 0.29) is 29.4 Å². The predicted molar refractivity (Wildman–Crippen MR) is 117 cm³/mol. The molecule has 0 saturated carbocycles. The van der Waals surface area contributed by atoms with E-state index < -0.39 is 15.7 Å². The number of aliphatic imine (C=N–C) groups is 1. The fourth-order valence-electron chi connectivity index (χ4n) is 3.49. The Balaban J connectivity index is 1.61. The smallest absolute Gasteiger partial charge is 0.285 e. The Bertz CT molecular complexity index is 1070. The minimum atomic E-state index is -3.13. The number of benzene rings is 2. The van der Waals surface area contributed by atoms with Gasteiger partial charge in [-0.3, -0.25) is 4.79 Å². The molecule has 9 heteroatoms. The minimum Gasteiger partial charge on any atom is -0.484 e. The van der Waals surface area contributed by atoms with Crippen molar-refractivity contribution >= 4 is 50.0 Å². The number of thioether (sulfide) groups is 1. The van der Waals surface area contributed by atoms with Gasteiger partial charge < -0.3 is 9.64 Å². The molecule has 6 nitrogen and oxygen atoms in total. The second kappa shape index (κ2) is 8.01. The number of hydrogen-bond acceptors (Lipinski definition) is 5. The van der Waals surface area contributed by atoms with Gasteiger partial charge in [0.1, 0.15) is 5.75 Å². The lowest BCUT2D eigenvalue weighted by Gasteiger charge is -2.26. The summed E-state index contributed by atoms with van der Waals surface area (Å²) in [6.45, 7) is 1.73. The van der Waals surface area contributed by atoms with Crippen molar-refractivity contribution in [3.63, 3.8) is 0 Å². The van der Waals surface area contributed by atoms with Gasteiger partial charge in [0.05, 0.1) is 17.5 Å². The van der Waals surface area contributed by atoms with E-state index >= 15 is 0 Å². The predicted octanol–water partition coefficient (Wildman–Crippen LogP) is 3.33. The van der Waals surface area contributed by atoms with Gasteiger partial charge in [-0.2, -0.15) is 4.99 Å². The van der Waals surface area contributed by atoms with Crippen LogP contribution in [0.15, 0.2) is 53.5 Å². The normalized spacial score (nSPS) is 23.9. The van der Waals surface area contributed by atoms with E-state index in [1.54, 1.807) is 24.3 Å². The average molecular weight is 451 g/mol. The molecule has 152 valence electrons. The zero-order valence-electron chi connectivity index (χ0n) is 15.6. The van der Waals surface area contributed by atoms with E-state index in [0.29, 0.717) is 15.9 Å². The van der Waals surface area contributed by atoms with Crippen LogP contribution >= 0.6 is 23.4 Å². The Morgan fingerprint density at radius 1 is 1.24 bits per heavy atom. The number of carbonyl (C=O) groups excluding carboxylic acids is 1. The van der Waals surface area contributed by atoms with E-state index in [0.717, 1.165) is 11.3 Å². The molecule has 2 atom stereocenters. The summed E-state index contributed by atoms with van der Waals surface area (Å²) in [6, 6.07) is 14.2. The molecule has 4 rings (SSSR count). The number of amides is 1. The fraction of sp³-hybridized carbons (Fsp3) is 0.300. The van der Waals surface area contributed by atoms with Gasteiger partial charge in [0.15, 0.2) is 21.6 Å². The number of anilines is 1. The van der Waals surface area contributed by atoms with Crippen LogP contribution in [0.25, 0.3) is 0 Å². The molecule has 0 spiro atoms. The van der Waals surface area contributed by atoms with E-state index in [2.05, 4.69) is 4.99 Å². The maximum absolute atomic E-state index is 12.5. The highest BCUT2D eigenvalue weighted by Crippen LogP contribution is 2.42. The summed E-state index contributed by atoms with van der Waals surface area (Å²) >= 11 is 7.52. The van der Waals surface area contributed by atoms with E-state index in [9.17, 15) is 13.2 Å². The molecular weight excluding hydrogens is 432 g/mol. The molecule has 0 bridgehead atoms. The lowest BCUT2D eigenvalue weighted by molar-refractivity contribution is -0.119. The van der Waals surface area contributed by atoms with Gasteiger partial charge in [0, 0.05) is 16.0 Å². The first-order valence-corrected chi connectivity index (χ1v) is 12.1. The molecule has 0 aromatic heterocycles. The first-order chi connectivity index (χ1) is 13.8. The standard InChI is InChI=1S/C20H19ClN2O4S2/c1-13-7-8-14(21)9-16(13)23-17-11-29(25,26)12-18(17)28-20(23)22-19(24)10-27-15-5-3-2-4-6-15/h2-9,17-18H,10-12H2,1H3/t17-,18-/m0/s1. The second-order valence-electron chi connectivity index (χ2n) is 6.99. The molecule has 29 heavy (non-hydrogen) atoms. The quantitative estimate of drug-likeness (QED) is 0.711. The number of para-hydroxylation sites is 1. The molecule has 2 saturated heterocycles. The molecule has 2 aliphatic heterocycles. The molecule has 1 amide bonds. The van der Waals surface area contributed by atoms with Crippen LogP contribution in [0, 0.1) is 6.92 Å². The molecule has 0 unspecified atom stereocenters. The SMILES string of the molecule is Cc1ccc(Cl)cc1N1C(=NC(=O)COc2ccccc2)S[C@H]2CS(=O)(=O)C[C@@H]21. The third kappa shape index (κ3) is 4.44. The number of halogens is 1. The van der Waals surface area contributed by atoms with Gasteiger partial charge >= 0.3 is 0 Å². The number of ether oxygens (including phenoxy) is 1.